The summed E-state index contributed by atoms with van der Waals surface area (Å²) < 4.78 is 36.6. The van der Waals surface area contributed by atoms with Gasteiger partial charge in [0, 0.05) is 54.9 Å². The number of amides is 3. The number of rotatable bonds is 10. The molecule has 0 spiro atoms. The standard InChI is InChI=1S/C39H50Cl2N6O5S/c1-9-52-32-22-26(4)33(53(50,51)43-39(5,6)7)23-31(32)37-42-35(27-10-14-29(40)15-11-27)36(28-12-16-30(41)17-13-28)47(37)38(49)46-20-18-45(19-21-46)24-34(48)44(8)25(2)3/h10-17,22-23,25,35-36,43H,9,18-21,24H2,1-8H3/t35-,36+/m0/s1. The summed E-state index contributed by atoms with van der Waals surface area (Å²) in [5.74, 6) is 0.707. The van der Waals surface area contributed by atoms with Gasteiger partial charge in [-0.1, -0.05) is 47.5 Å². The first kappa shape index (κ1) is 40.5. The van der Waals surface area contributed by atoms with Gasteiger partial charge in [0.25, 0.3) is 0 Å². The Morgan fingerprint density at radius 2 is 1.53 bits per heavy atom. The Kier molecular flexibility index (Phi) is 12.5. The van der Waals surface area contributed by atoms with Crippen LogP contribution in [-0.2, 0) is 14.8 Å². The van der Waals surface area contributed by atoms with Crippen LogP contribution in [-0.4, -0.2) is 104 Å². The number of halogens is 2. The molecule has 11 nitrogen and oxygen atoms in total. The number of nitrogens with zero attached hydrogens (tertiary/aromatic N) is 5. The van der Waals surface area contributed by atoms with Crippen molar-refractivity contribution in [1.82, 2.24) is 24.3 Å². The normalized spacial score (nSPS) is 18.4. The van der Waals surface area contributed by atoms with Crippen molar-refractivity contribution in [1.29, 1.82) is 0 Å². The van der Waals surface area contributed by atoms with Crippen LogP contribution in [0.25, 0.3) is 0 Å². The fraction of sp³-hybridized carbons (Fsp3) is 0.462. The molecule has 2 heterocycles. The van der Waals surface area contributed by atoms with Crippen molar-refractivity contribution in [2.45, 2.75) is 77.0 Å². The summed E-state index contributed by atoms with van der Waals surface area (Å²) in [6.45, 7) is 15.2. The van der Waals surface area contributed by atoms with Crippen LogP contribution in [0, 0.1) is 6.92 Å². The highest BCUT2D eigenvalue weighted by Gasteiger charge is 2.45. The summed E-state index contributed by atoms with van der Waals surface area (Å²) in [5.41, 5.74) is 1.72. The molecule has 0 saturated carbocycles. The number of hydrogen-bond donors (Lipinski definition) is 1. The summed E-state index contributed by atoms with van der Waals surface area (Å²) in [4.78, 5) is 40.5. The van der Waals surface area contributed by atoms with Crippen LogP contribution in [0.15, 0.2) is 70.6 Å². The molecule has 0 bridgehead atoms. The van der Waals surface area contributed by atoms with Crippen LogP contribution in [0.3, 0.4) is 0 Å². The van der Waals surface area contributed by atoms with Gasteiger partial charge < -0.3 is 14.5 Å². The van der Waals surface area contributed by atoms with Crippen molar-refractivity contribution in [2.75, 3.05) is 46.4 Å². The first-order valence-corrected chi connectivity index (χ1v) is 20.1. The summed E-state index contributed by atoms with van der Waals surface area (Å²) in [6, 6.07) is 16.5. The van der Waals surface area contributed by atoms with E-state index in [1.165, 1.54) is 0 Å². The first-order chi connectivity index (χ1) is 24.9. The van der Waals surface area contributed by atoms with Gasteiger partial charge in [0.1, 0.15) is 17.6 Å². The molecular weight excluding hydrogens is 735 g/mol. The number of nitrogens with one attached hydrogen (secondary N) is 1. The Labute approximate surface area is 323 Å². The molecule has 3 aromatic carbocycles. The van der Waals surface area contributed by atoms with Gasteiger partial charge in [0.05, 0.1) is 29.7 Å². The number of likely N-dealkylation sites (N-methyl/N-ethyl adjacent to an activating group) is 1. The lowest BCUT2D eigenvalue weighted by Gasteiger charge is -2.39. The molecule has 286 valence electrons. The summed E-state index contributed by atoms with van der Waals surface area (Å²) in [6.07, 6.45) is 0. The zero-order valence-corrected chi connectivity index (χ0v) is 34.0. The fourth-order valence-corrected chi connectivity index (χ4v) is 8.48. The van der Waals surface area contributed by atoms with Crippen molar-refractivity contribution < 1.29 is 22.7 Å². The molecule has 53 heavy (non-hydrogen) atoms. The quantitative estimate of drug-likeness (QED) is 0.239. The van der Waals surface area contributed by atoms with E-state index in [2.05, 4.69) is 9.62 Å². The molecule has 3 amide bonds. The molecule has 2 aliphatic heterocycles. The van der Waals surface area contributed by atoms with E-state index in [1.807, 2.05) is 45.0 Å². The number of hydrogen-bond acceptors (Lipinski definition) is 7. The van der Waals surface area contributed by atoms with E-state index in [0.717, 1.165) is 11.1 Å². The largest absolute Gasteiger partial charge is 0.493 e. The molecule has 1 N–H and O–H groups in total. The predicted octanol–water partition coefficient (Wildman–Crippen LogP) is 6.93. The van der Waals surface area contributed by atoms with E-state index in [4.69, 9.17) is 32.9 Å². The lowest BCUT2D eigenvalue weighted by molar-refractivity contribution is -0.132. The minimum absolute atomic E-state index is 0.0249. The number of carbonyl (C=O) groups is 2. The molecule has 0 aliphatic carbocycles. The van der Waals surface area contributed by atoms with E-state index in [0.29, 0.717) is 59.7 Å². The van der Waals surface area contributed by atoms with E-state index >= 15 is 4.79 Å². The molecule has 0 aromatic heterocycles. The molecular formula is C39H50Cl2N6O5S. The molecule has 0 radical (unpaired) electrons. The fourth-order valence-electron chi connectivity index (χ4n) is 6.55. The van der Waals surface area contributed by atoms with Crippen LogP contribution in [0.2, 0.25) is 10.0 Å². The number of aryl methyl sites for hydroxylation is 1. The van der Waals surface area contributed by atoms with Gasteiger partial charge >= 0.3 is 6.03 Å². The van der Waals surface area contributed by atoms with Gasteiger partial charge in [0.15, 0.2) is 0 Å². The Morgan fingerprint density at radius 3 is 2.06 bits per heavy atom. The number of piperazine rings is 1. The number of urea groups is 1. The summed E-state index contributed by atoms with van der Waals surface area (Å²) >= 11 is 12.7. The van der Waals surface area contributed by atoms with Gasteiger partial charge in [-0.2, -0.15) is 0 Å². The minimum Gasteiger partial charge on any atom is -0.493 e. The van der Waals surface area contributed by atoms with Crippen molar-refractivity contribution in [3.05, 3.63) is 93.0 Å². The number of ether oxygens (including phenoxy) is 1. The molecule has 5 rings (SSSR count). The Morgan fingerprint density at radius 1 is 0.962 bits per heavy atom. The highest BCUT2D eigenvalue weighted by molar-refractivity contribution is 7.89. The second-order valence-corrected chi connectivity index (χ2v) is 17.4. The van der Waals surface area contributed by atoms with Crippen molar-refractivity contribution in [3.63, 3.8) is 0 Å². The molecule has 3 aromatic rings. The van der Waals surface area contributed by atoms with Crippen LogP contribution in [0.1, 0.15) is 75.9 Å². The molecule has 1 saturated heterocycles. The minimum atomic E-state index is -4.00. The average molecular weight is 786 g/mol. The van der Waals surface area contributed by atoms with Crippen molar-refractivity contribution in [2.24, 2.45) is 4.99 Å². The van der Waals surface area contributed by atoms with Gasteiger partial charge in [-0.3, -0.25) is 19.6 Å². The van der Waals surface area contributed by atoms with Crippen LogP contribution < -0.4 is 9.46 Å². The molecule has 14 heteroatoms. The number of aliphatic imine (C=N–C) groups is 1. The number of sulfonamides is 1. The van der Waals surface area contributed by atoms with Crippen molar-refractivity contribution >= 4 is 51.0 Å². The first-order valence-electron chi connectivity index (χ1n) is 17.9. The Hall–Kier alpha value is -3.68. The molecule has 1 fully saturated rings. The highest BCUT2D eigenvalue weighted by Crippen LogP contribution is 2.46. The Bertz CT molecular complexity index is 1940. The lowest BCUT2D eigenvalue weighted by atomic mass is 9.93. The number of amidine groups is 1. The van der Waals surface area contributed by atoms with Crippen LogP contribution in [0.5, 0.6) is 5.75 Å². The monoisotopic (exact) mass is 784 g/mol. The second-order valence-electron chi connectivity index (χ2n) is 14.9. The summed E-state index contributed by atoms with van der Waals surface area (Å²) in [7, 11) is -2.20. The van der Waals surface area contributed by atoms with Crippen molar-refractivity contribution in [3.8, 4) is 5.75 Å². The average Bonchev–Trinajstić information content (AvgIpc) is 3.48. The smallest absolute Gasteiger partial charge is 0.326 e. The van der Waals surface area contributed by atoms with E-state index in [1.54, 1.807) is 85.8 Å². The third kappa shape index (κ3) is 9.35. The molecule has 0 unspecified atom stereocenters. The molecule has 2 atom stereocenters. The maximum atomic E-state index is 15.1. The van der Waals surface area contributed by atoms with Crippen LogP contribution in [0.4, 0.5) is 4.79 Å². The molecule has 2 aliphatic rings. The van der Waals surface area contributed by atoms with Gasteiger partial charge in [-0.25, -0.2) is 17.9 Å². The third-order valence-electron chi connectivity index (χ3n) is 9.41. The SMILES string of the molecule is CCOc1cc(C)c(S(=O)(=O)NC(C)(C)C)cc1C1=N[C@@H](c2ccc(Cl)cc2)[C@@H](c2ccc(Cl)cc2)N1C(=O)N1CCN(CC(=O)N(C)C(C)C)CC1. The topological polar surface area (TPSA) is 115 Å². The van der Waals surface area contributed by atoms with Gasteiger partial charge in [-0.15, -0.1) is 0 Å². The second kappa shape index (κ2) is 16.4. The Balaban J connectivity index is 1.65. The summed E-state index contributed by atoms with van der Waals surface area (Å²) in [5, 5.41) is 1.10. The number of carbonyl (C=O) groups excluding carboxylic acids is 2. The maximum absolute atomic E-state index is 15.1. The van der Waals surface area contributed by atoms with E-state index < -0.39 is 27.6 Å². The maximum Gasteiger partial charge on any atom is 0.326 e. The third-order valence-corrected chi connectivity index (χ3v) is 11.8. The highest BCUT2D eigenvalue weighted by atomic mass is 35.5. The van der Waals surface area contributed by atoms with Gasteiger partial charge in [0.2, 0.25) is 15.9 Å². The zero-order valence-electron chi connectivity index (χ0n) is 31.7. The van der Waals surface area contributed by atoms with Gasteiger partial charge in [-0.05, 0) is 102 Å². The lowest BCUT2D eigenvalue weighted by Crippen LogP contribution is -2.55. The van der Waals surface area contributed by atoms with Crippen LogP contribution >= 0.6 is 23.2 Å². The zero-order chi connectivity index (χ0) is 38.8. The predicted molar refractivity (Wildman–Crippen MR) is 210 cm³/mol. The number of benzene rings is 3. The van der Waals surface area contributed by atoms with E-state index in [9.17, 15) is 13.2 Å². The van der Waals surface area contributed by atoms with E-state index in [-0.39, 0.29) is 35.3 Å².